The molecule has 2 heterocycles. The van der Waals surface area contributed by atoms with E-state index in [1.807, 2.05) is 27.7 Å². The predicted octanol–water partition coefficient (Wildman–Crippen LogP) is 0.826. The van der Waals surface area contributed by atoms with Crippen molar-refractivity contribution in [2.24, 2.45) is 5.73 Å². The summed E-state index contributed by atoms with van der Waals surface area (Å²) in [6, 6.07) is -0.610. The fraction of sp³-hybridized carbons (Fsp3) is 0.643. The number of likely N-dealkylation sites (tertiary alicyclic amines) is 1. The van der Waals surface area contributed by atoms with E-state index in [-0.39, 0.29) is 23.9 Å². The lowest BCUT2D eigenvalue weighted by molar-refractivity contribution is -0.125. The number of aryl methyl sites for hydroxylation is 2. The zero-order valence-corrected chi connectivity index (χ0v) is 13.7. The van der Waals surface area contributed by atoms with Gasteiger partial charge in [0.15, 0.2) is 0 Å². The van der Waals surface area contributed by atoms with Gasteiger partial charge in [0, 0.05) is 18.6 Å². The van der Waals surface area contributed by atoms with Crippen LogP contribution >= 0.6 is 11.3 Å². The molecule has 1 fully saturated rings. The van der Waals surface area contributed by atoms with E-state index in [1.54, 1.807) is 4.90 Å². The topological polar surface area (TPSA) is 88.3 Å². The van der Waals surface area contributed by atoms with E-state index >= 15 is 0 Å². The molecule has 7 heteroatoms. The molecule has 1 aliphatic rings. The third-order valence-corrected chi connectivity index (χ3v) is 4.49. The maximum Gasteiger partial charge on any atom is 0.266 e. The Morgan fingerprint density at radius 3 is 2.62 bits per heavy atom. The van der Waals surface area contributed by atoms with Crippen LogP contribution in [0.25, 0.3) is 0 Å². The summed E-state index contributed by atoms with van der Waals surface area (Å²) in [5.74, 6) is -0.278. The first-order chi connectivity index (χ1) is 9.79. The Balaban J connectivity index is 2.21. The molecule has 1 saturated heterocycles. The lowest BCUT2D eigenvalue weighted by atomic mass is 10.1. The maximum absolute atomic E-state index is 12.7. The monoisotopic (exact) mass is 310 g/mol. The Morgan fingerprint density at radius 1 is 1.43 bits per heavy atom. The molecule has 3 N–H and O–H groups in total. The van der Waals surface area contributed by atoms with Gasteiger partial charge in [0.1, 0.15) is 10.9 Å². The molecule has 1 aromatic rings. The van der Waals surface area contributed by atoms with E-state index in [0.29, 0.717) is 23.5 Å². The number of amides is 2. The van der Waals surface area contributed by atoms with Gasteiger partial charge in [-0.15, -0.1) is 11.3 Å². The van der Waals surface area contributed by atoms with E-state index in [1.165, 1.54) is 11.3 Å². The van der Waals surface area contributed by atoms with Crippen molar-refractivity contribution in [3.63, 3.8) is 0 Å². The van der Waals surface area contributed by atoms with Crippen LogP contribution in [-0.4, -0.2) is 46.4 Å². The number of hydrogen-bond donors (Lipinski definition) is 2. The van der Waals surface area contributed by atoms with Crippen molar-refractivity contribution in [1.29, 1.82) is 0 Å². The maximum atomic E-state index is 12.7. The summed E-state index contributed by atoms with van der Waals surface area (Å²) in [4.78, 5) is 31.4. The molecule has 0 radical (unpaired) electrons. The highest BCUT2D eigenvalue weighted by Gasteiger charge is 2.39. The van der Waals surface area contributed by atoms with Crippen molar-refractivity contribution < 1.29 is 9.59 Å². The first kappa shape index (κ1) is 15.9. The number of nitrogens with zero attached hydrogens (tertiary/aromatic N) is 2. The van der Waals surface area contributed by atoms with Gasteiger partial charge in [-0.2, -0.15) is 0 Å². The highest BCUT2D eigenvalue weighted by molar-refractivity contribution is 7.13. The quantitative estimate of drug-likeness (QED) is 0.865. The Hall–Kier alpha value is -1.47. The number of carbonyl (C=O) groups is 2. The van der Waals surface area contributed by atoms with Gasteiger partial charge >= 0.3 is 0 Å². The van der Waals surface area contributed by atoms with Crippen molar-refractivity contribution in [3.05, 3.63) is 15.6 Å². The second kappa shape index (κ2) is 6.11. The fourth-order valence-electron chi connectivity index (χ4n) is 2.58. The Kier molecular flexibility index (Phi) is 4.63. The summed E-state index contributed by atoms with van der Waals surface area (Å²) >= 11 is 1.36. The van der Waals surface area contributed by atoms with Crippen LogP contribution < -0.4 is 11.1 Å². The molecule has 21 heavy (non-hydrogen) atoms. The van der Waals surface area contributed by atoms with Gasteiger partial charge in [-0.25, -0.2) is 4.98 Å². The molecule has 2 atom stereocenters. The minimum atomic E-state index is -0.489. The van der Waals surface area contributed by atoms with Crippen molar-refractivity contribution in [1.82, 2.24) is 15.2 Å². The van der Waals surface area contributed by atoms with E-state index in [0.717, 1.165) is 5.01 Å². The van der Waals surface area contributed by atoms with Crippen molar-refractivity contribution >= 4 is 23.2 Å². The third-order valence-electron chi connectivity index (χ3n) is 3.43. The number of hydrogen-bond acceptors (Lipinski definition) is 5. The van der Waals surface area contributed by atoms with Crippen molar-refractivity contribution in [3.8, 4) is 0 Å². The molecule has 0 aromatic carbocycles. The SMILES string of the molecule is Cc1nc(C)c(C(=O)N2C[C@H](N)C[C@H]2C(=O)NC(C)C)s1. The third kappa shape index (κ3) is 3.41. The molecule has 1 aliphatic heterocycles. The minimum absolute atomic E-state index is 0.0404. The molecule has 0 saturated carbocycles. The predicted molar refractivity (Wildman–Crippen MR) is 82.3 cm³/mol. The van der Waals surface area contributed by atoms with Gasteiger partial charge in [-0.3, -0.25) is 9.59 Å². The molecule has 1 aromatic heterocycles. The number of nitrogens with two attached hydrogens (primary N) is 1. The van der Waals surface area contributed by atoms with Crippen LogP contribution in [0.15, 0.2) is 0 Å². The number of carbonyl (C=O) groups excluding carboxylic acids is 2. The van der Waals surface area contributed by atoms with Gasteiger partial charge in [0.2, 0.25) is 5.91 Å². The summed E-state index contributed by atoms with van der Waals surface area (Å²) in [6.45, 7) is 7.89. The number of aromatic nitrogens is 1. The average Bonchev–Trinajstić information content (AvgIpc) is 2.90. The van der Waals surface area contributed by atoms with Crippen LogP contribution in [-0.2, 0) is 4.79 Å². The van der Waals surface area contributed by atoms with Crippen LogP contribution in [0.4, 0.5) is 0 Å². The van der Waals surface area contributed by atoms with Crippen LogP contribution in [0.2, 0.25) is 0 Å². The fourth-order valence-corrected chi connectivity index (χ4v) is 3.46. The van der Waals surface area contributed by atoms with E-state index in [4.69, 9.17) is 5.73 Å². The molecule has 0 aliphatic carbocycles. The molecule has 116 valence electrons. The highest BCUT2D eigenvalue weighted by Crippen LogP contribution is 2.25. The lowest BCUT2D eigenvalue weighted by Crippen LogP contribution is -2.47. The molecule has 0 spiro atoms. The summed E-state index contributed by atoms with van der Waals surface area (Å²) in [6.07, 6.45) is 0.501. The van der Waals surface area contributed by atoms with Crippen molar-refractivity contribution in [2.45, 2.75) is 52.2 Å². The summed E-state index contributed by atoms with van der Waals surface area (Å²) in [7, 11) is 0. The molecular formula is C14H22N4O2S. The average molecular weight is 310 g/mol. The van der Waals surface area contributed by atoms with Gasteiger partial charge in [-0.1, -0.05) is 0 Å². The molecule has 2 amide bonds. The largest absolute Gasteiger partial charge is 0.352 e. The van der Waals surface area contributed by atoms with Gasteiger partial charge in [-0.05, 0) is 34.1 Å². The summed E-state index contributed by atoms with van der Waals surface area (Å²) < 4.78 is 0. The standard InChI is InChI=1S/C14H22N4O2S/c1-7(2)16-13(19)11-5-10(15)6-18(11)14(20)12-8(3)17-9(4)21-12/h7,10-11H,5-6,15H2,1-4H3,(H,16,19)/t10-,11+/m1/s1. The molecule has 2 rings (SSSR count). The minimum Gasteiger partial charge on any atom is -0.352 e. The Bertz CT molecular complexity index is 555. The molecule has 0 unspecified atom stereocenters. The summed E-state index contributed by atoms with van der Waals surface area (Å²) in [5.41, 5.74) is 6.67. The highest BCUT2D eigenvalue weighted by atomic mass is 32.1. The Labute approximate surface area is 128 Å². The smallest absolute Gasteiger partial charge is 0.266 e. The zero-order chi connectivity index (χ0) is 15.7. The summed E-state index contributed by atoms with van der Waals surface area (Å²) in [5, 5.41) is 3.71. The Morgan fingerprint density at radius 2 is 2.10 bits per heavy atom. The second-order valence-corrected chi connectivity index (χ2v) is 6.98. The zero-order valence-electron chi connectivity index (χ0n) is 12.8. The van der Waals surface area contributed by atoms with Gasteiger partial charge < -0.3 is 16.0 Å². The second-order valence-electron chi connectivity index (χ2n) is 5.78. The molecule has 0 bridgehead atoms. The first-order valence-electron chi connectivity index (χ1n) is 7.10. The van der Waals surface area contributed by atoms with Crippen molar-refractivity contribution in [2.75, 3.05) is 6.54 Å². The van der Waals surface area contributed by atoms with Gasteiger partial charge in [0.25, 0.3) is 5.91 Å². The van der Waals surface area contributed by atoms with Crippen LogP contribution in [0.1, 0.15) is 40.6 Å². The van der Waals surface area contributed by atoms with E-state index in [9.17, 15) is 9.59 Å². The molecular weight excluding hydrogens is 288 g/mol. The van der Waals surface area contributed by atoms with E-state index < -0.39 is 6.04 Å². The normalized spacial score (nSPS) is 21.9. The first-order valence-corrected chi connectivity index (χ1v) is 7.92. The number of nitrogens with one attached hydrogen (secondary N) is 1. The molecule has 6 nitrogen and oxygen atoms in total. The van der Waals surface area contributed by atoms with Crippen LogP contribution in [0.5, 0.6) is 0 Å². The van der Waals surface area contributed by atoms with E-state index in [2.05, 4.69) is 10.3 Å². The lowest BCUT2D eigenvalue weighted by Gasteiger charge is -2.24. The number of thiazole rings is 1. The van der Waals surface area contributed by atoms with Gasteiger partial charge in [0.05, 0.1) is 10.7 Å². The number of rotatable bonds is 3. The van der Waals surface area contributed by atoms with Crippen LogP contribution in [0.3, 0.4) is 0 Å². The van der Waals surface area contributed by atoms with Crippen LogP contribution in [0, 0.1) is 13.8 Å².